The van der Waals surface area contributed by atoms with Crippen LogP contribution in [0.3, 0.4) is 0 Å². The van der Waals surface area contributed by atoms with Crippen LogP contribution in [0.15, 0.2) is 28.8 Å². The average molecular weight is 275 g/mol. The van der Waals surface area contributed by atoms with Crippen molar-refractivity contribution in [2.75, 3.05) is 13.1 Å². The fourth-order valence-electron chi connectivity index (χ4n) is 2.19. The van der Waals surface area contributed by atoms with E-state index in [1.807, 2.05) is 0 Å². The number of ether oxygens (including phenoxy) is 1. The molecule has 0 aliphatic carbocycles. The predicted molar refractivity (Wildman–Crippen MR) is 72.1 cm³/mol. The molecule has 1 saturated heterocycles. The summed E-state index contributed by atoms with van der Waals surface area (Å²) in [6, 6.07) is 6.68. The number of nitrogens with zero attached hydrogens (tertiary/aromatic N) is 2. The van der Waals surface area contributed by atoms with E-state index in [0.717, 1.165) is 31.5 Å². The van der Waals surface area contributed by atoms with Gasteiger partial charge in [0.05, 0.1) is 6.10 Å². The minimum absolute atomic E-state index is 0.215. The Bertz CT molecular complexity index is 547. The number of hydrogen-bond donors (Lipinski definition) is 2. The van der Waals surface area contributed by atoms with Crippen molar-refractivity contribution in [3.63, 3.8) is 0 Å². The lowest BCUT2D eigenvalue weighted by Gasteiger charge is -2.21. The number of phenolic OH excluding ortho intramolecular Hbond substituents is 1. The first-order valence-corrected chi connectivity index (χ1v) is 6.75. The van der Waals surface area contributed by atoms with Gasteiger partial charge in [-0.1, -0.05) is 5.16 Å². The van der Waals surface area contributed by atoms with Crippen molar-refractivity contribution < 1.29 is 14.4 Å². The smallest absolute Gasteiger partial charge is 0.252 e. The van der Waals surface area contributed by atoms with Crippen molar-refractivity contribution in [2.45, 2.75) is 25.6 Å². The zero-order chi connectivity index (χ0) is 13.8. The van der Waals surface area contributed by atoms with Gasteiger partial charge >= 0.3 is 0 Å². The van der Waals surface area contributed by atoms with E-state index in [1.165, 1.54) is 0 Å². The summed E-state index contributed by atoms with van der Waals surface area (Å²) in [5, 5.41) is 16.5. The molecule has 2 N–H and O–H groups in total. The molecule has 1 aromatic carbocycles. The molecule has 6 nitrogen and oxygen atoms in total. The van der Waals surface area contributed by atoms with Crippen LogP contribution in [0, 0.1) is 0 Å². The van der Waals surface area contributed by atoms with Crippen LogP contribution in [-0.4, -0.2) is 34.4 Å². The first-order chi connectivity index (χ1) is 9.81. The molecule has 0 bridgehead atoms. The number of phenols is 1. The summed E-state index contributed by atoms with van der Waals surface area (Å²) in [4.78, 5) is 4.29. The average Bonchev–Trinajstić information content (AvgIpc) is 2.96. The fourth-order valence-corrected chi connectivity index (χ4v) is 2.19. The van der Waals surface area contributed by atoms with Gasteiger partial charge in [0, 0.05) is 5.56 Å². The van der Waals surface area contributed by atoms with E-state index >= 15 is 0 Å². The lowest BCUT2D eigenvalue weighted by atomic mass is 10.1. The van der Waals surface area contributed by atoms with E-state index in [2.05, 4.69) is 15.5 Å². The van der Waals surface area contributed by atoms with Crippen molar-refractivity contribution >= 4 is 0 Å². The van der Waals surface area contributed by atoms with Crippen LogP contribution < -0.4 is 5.32 Å². The number of hydrogen-bond acceptors (Lipinski definition) is 6. The van der Waals surface area contributed by atoms with Gasteiger partial charge in [0.15, 0.2) is 0 Å². The van der Waals surface area contributed by atoms with Crippen LogP contribution in [0.2, 0.25) is 0 Å². The summed E-state index contributed by atoms with van der Waals surface area (Å²) in [6.07, 6.45) is 2.29. The third-order valence-electron chi connectivity index (χ3n) is 3.32. The second-order valence-corrected chi connectivity index (χ2v) is 4.82. The van der Waals surface area contributed by atoms with Crippen LogP contribution in [0.25, 0.3) is 11.4 Å². The second kappa shape index (κ2) is 6.02. The zero-order valence-corrected chi connectivity index (χ0v) is 11.1. The van der Waals surface area contributed by atoms with Gasteiger partial charge in [-0.05, 0) is 50.2 Å². The van der Waals surface area contributed by atoms with Gasteiger partial charge in [0.25, 0.3) is 5.89 Å². The van der Waals surface area contributed by atoms with Crippen LogP contribution in [0.4, 0.5) is 0 Å². The van der Waals surface area contributed by atoms with E-state index in [4.69, 9.17) is 9.26 Å². The highest BCUT2D eigenvalue weighted by atomic mass is 16.5. The third kappa shape index (κ3) is 3.15. The minimum atomic E-state index is 0.215. The number of benzene rings is 1. The van der Waals surface area contributed by atoms with Crippen molar-refractivity contribution in [3.8, 4) is 17.1 Å². The standard InChI is InChI=1S/C14H17N3O3/c18-11-3-1-10(2-4-11)14-16-13(20-17-14)9-19-12-5-7-15-8-6-12/h1-4,12,15,18H,5-9H2. The lowest BCUT2D eigenvalue weighted by molar-refractivity contribution is 0.00859. The summed E-state index contributed by atoms with van der Waals surface area (Å²) in [5.41, 5.74) is 0.805. The first-order valence-electron chi connectivity index (χ1n) is 6.75. The molecule has 0 radical (unpaired) electrons. The van der Waals surface area contributed by atoms with Gasteiger partial charge in [-0.15, -0.1) is 0 Å². The molecule has 1 aromatic heterocycles. The Hall–Kier alpha value is -1.92. The first kappa shape index (κ1) is 13.1. The monoisotopic (exact) mass is 275 g/mol. The molecule has 0 atom stereocenters. The topological polar surface area (TPSA) is 80.4 Å². The summed E-state index contributed by atoms with van der Waals surface area (Å²) >= 11 is 0. The normalized spacial score (nSPS) is 16.4. The highest BCUT2D eigenvalue weighted by molar-refractivity contribution is 5.55. The molecule has 1 aliphatic rings. The largest absolute Gasteiger partial charge is 0.508 e. The Morgan fingerprint density at radius 2 is 2.00 bits per heavy atom. The molecule has 2 heterocycles. The van der Waals surface area contributed by atoms with Gasteiger partial charge in [-0.2, -0.15) is 4.98 Å². The maximum absolute atomic E-state index is 9.25. The van der Waals surface area contributed by atoms with Gasteiger partial charge in [-0.25, -0.2) is 0 Å². The molecular formula is C14H17N3O3. The fraction of sp³-hybridized carbons (Fsp3) is 0.429. The highest BCUT2D eigenvalue weighted by Gasteiger charge is 2.15. The molecular weight excluding hydrogens is 258 g/mol. The van der Waals surface area contributed by atoms with E-state index in [9.17, 15) is 5.11 Å². The van der Waals surface area contributed by atoms with Crippen LogP contribution >= 0.6 is 0 Å². The summed E-state index contributed by atoms with van der Waals surface area (Å²) < 4.78 is 10.9. The SMILES string of the molecule is Oc1ccc(-c2noc(COC3CCNCC3)n2)cc1. The molecule has 3 rings (SSSR count). The number of aromatic nitrogens is 2. The van der Waals surface area contributed by atoms with Crippen molar-refractivity contribution in [1.29, 1.82) is 0 Å². The molecule has 6 heteroatoms. The van der Waals surface area contributed by atoms with Crippen molar-refractivity contribution in [3.05, 3.63) is 30.2 Å². The van der Waals surface area contributed by atoms with E-state index in [1.54, 1.807) is 24.3 Å². The maximum Gasteiger partial charge on any atom is 0.252 e. The summed E-state index contributed by atoms with van der Waals surface area (Å²) in [5.74, 6) is 1.20. The zero-order valence-electron chi connectivity index (χ0n) is 11.1. The Balaban J connectivity index is 1.60. The Morgan fingerprint density at radius 3 is 2.75 bits per heavy atom. The van der Waals surface area contributed by atoms with Gasteiger partial charge < -0.3 is 19.7 Å². The molecule has 0 saturated carbocycles. The van der Waals surface area contributed by atoms with Crippen molar-refractivity contribution in [1.82, 2.24) is 15.5 Å². The Kier molecular flexibility index (Phi) is 3.94. The number of aromatic hydroxyl groups is 1. The molecule has 2 aromatic rings. The van der Waals surface area contributed by atoms with Gasteiger partial charge in [0.2, 0.25) is 5.82 Å². The molecule has 0 amide bonds. The number of piperidine rings is 1. The van der Waals surface area contributed by atoms with Crippen LogP contribution in [0.5, 0.6) is 5.75 Å². The van der Waals surface area contributed by atoms with Gasteiger partial charge in [0.1, 0.15) is 12.4 Å². The quantitative estimate of drug-likeness (QED) is 0.884. The molecule has 20 heavy (non-hydrogen) atoms. The van der Waals surface area contributed by atoms with E-state index in [-0.39, 0.29) is 11.9 Å². The Morgan fingerprint density at radius 1 is 1.25 bits per heavy atom. The number of nitrogens with one attached hydrogen (secondary N) is 1. The molecule has 1 fully saturated rings. The van der Waals surface area contributed by atoms with Crippen molar-refractivity contribution in [2.24, 2.45) is 0 Å². The van der Waals surface area contributed by atoms with Crippen LogP contribution in [-0.2, 0) is 11.3 Å². The van der Waals surface area contributed by atoms with Gasteiger partial charge in [-0.3, -0.25) is 0 Å². The summed E-state index contributed by atoms with van der Waals surface area (Å²) in [7, 11) is 0. The van der Waals surface area contributed by atoms with E-state index < -0.39 is 0 Å². The highest BCUT2D eigenvalue weighted by Crippen LogP contribution is 2.19. The molecule has 106 valence electrons. The van der Waals surface area contributed by atoms with E-state index in [0.29, 0.717) is 18.3 Å². The lowest BCUT2D eigenvalue weighted by Crippen LogP contribution is -2.32. The molecule has 1 aliphatic heterocycles. The Labute approximate surface area is 116 Å². The molecule has 0 spiro atoms. The summed E-state index contributed by atoms with van der Waals surface area (Å²) in [6.45, 7) is 2.33. The molecule has 0 unspecified atom stereocenters. The van der Waals surface area contributed by atoms with Crippen LogP contribution in [0.1, 0.15) is 18.7 Å². The maximum atomic E-state index is 9.25. The predicted octanol–water partition coefficient (Wildman–Crippen LogP) is 1.71. The third-order valence-corrected chi connectivity index (χ3v) is 3.32. The second-order valence-electron chi connectivity index (χ2n) is 4.82. The minimum Gasteiger partial charge on any atom is -0.508 e. The number of rotatable bonds is 4.